The van der Waals surface area contributed by atoms with Crippen molar-refractivity contribution in [3.8, 4) is 0 Å². The number of amides is 3. The SMILES string of the molecule is CCNC(=O)CC(c1cccc(Br)c1)N1C(=O)C2C3C=CC(C3)C2C1=O. The van der Waals surface area contributed by atoms with Gasteiger partial charge in [-0.15, -0.1) is 0 Å². The Kier molecular flexibility index (Phi) is 4.47. The number of nitrogens with one attached hydrogen (secondary N) is 1. The smallest absolute Gasteiger partial charge is 0.234 e. The summed E-state index contributed by atoms with van der Waals surface area (Å²) in [7, 11) is 0. The van der Waals surface area contributed by atoms with Gasteiger partial charge in [0.2, 0.25) is 17.7 Å². The molecule has 136 valence electrons. The topological polar surface area (TPSA) is 66.5 Å². The first-order valence-electron chi connectivity index (χ1n) is 9.08. The first-order valence-corrected chi connectivity index (χ1v) is 9.88. The van der Waals surface area contributed by atoms with Crippen molar-refractivity contribution in [2.75, 3.05) is 6.54 Å². The molecule has 3 aliphatic rings. The lowest BCUT2D eigenvalue weighted by atomic mass is 9.85. The molecule has 0 aromatic heterocycles. The number of halogens is 1. The molecular weight excluding hydrogens is 396 g/mol. The molecule has 2 fully saturated rings. The summed E-state index contributed by atoms with van der Waals surface area (Å²) in [6.07, 6.45) is 5.15. The summed E-state index contributed by atoms with van der Waals surface area (Å²) >= 11 is 3.45. The Bertz CT molecular complexity index is 776. The highest BCUT2D eigenvalue weighted by molar-refractivity contribution is 9.10. The third-order valence-electron chi connectivity index (χ3n) is 5.80. The minimum Gasteiger partial charge on any atom is -0.356 e. The Hall–Kier alpha value is -1.95. The number of hydrogen-bond acceptors (Lipinski definition) is 3. The quantitative estimate of drug-likeness (QED) is 0.592. The Morgan fingerprint density at radius 2 is 1.88 bits per heavy atom. The van der Waals surface area contributed by atoms with Crippen molar-refractivity contribution in [1.82, 2.24) is 10.2 Å². The second-order valence-corrected chi connectivity index (χ2v) is 8.19. The molecule has 4 rings (SSSR count). The van der Waals surface area contributed by atoms with E-state index in [9.17, 15) is 14.4 Å². The number of imide groups is 1. The van der Waals surface area contributed by atoms with Gasteiger partial charge >= 0.3 is 0 Å². The van der Waals surface area contributed by atoms with Crippen LogP contribution in [0.25, 0.3) is 0 Å². The van der Waals surface area contributed by atoms with Crippen LogP contribution in [0.15, 0.2) is 40.9 Å². The minimum atomic E-state index is -0.566. The second kappa shape index (κ2) is 6.65. The molecule has 6 heteroatoms. The van der Waals surface area contributed by atoms with Gasteiger partial charge < -0.3 is 5.32 Å². The fourth-order valence-electron chi connectivity index (χ4n) is 4.75. The lowest BCUT2D eigenvalue weighted by Crippen LogP contribution is -2.39. The number of allylic oxidation sites excluding steroid dienone is 2. The van der Waals surface area contributed by atoms with E-state index >= 15 is 0 Å². The zero-order chi connectivity index (χ0) is 18.4. The van der Waals surface area contributed by atoms with Crippen LogP contribution in [0.2, 0.25) is 0 Å². The van der Waals surface area contributed by atoms with E-state index in [0.717, 1.165) is 16.5 Å². The van der Waals surface area contributed by atoms with Gasteiger partial charge in [0.05, 0.1) is 24.3 Å². The maximum absolute atomic E-state index is 13.2. The van der Waals surface area contributed by atoms with Crippen LogP contribution in [-0.2, 0) is 14.4 Å². The van der Waals surface area contributed by atoms with E-state index in [0.29, 0.717) is 6.54 Å². The highest BCUT2D eigenvalue weighted by atomic mass is 79.9. The van der Waals surface area contributed by atoms with Crippen LogP contribution in [0.1, 0.15) is 31.4 Å². The first kappa shape index (κ1) is 17.5. The van der Waals surface area contributed by atoms with Crippen molar-refractivity contribution in [3.05, 3.63) is 46.5 Å². The Morgan fingerprint density at radius 1 is 1.23 bits per heavy atom. The number of nitrogens with zero attached hydrogens (tertiary/aromatic N) is 1. The van der Waals surface area contributed by atoms with Crippen LogP contribution in [0.4, 0.5) is 0 Å². The Balaban J connectivity index is 1.69. The van der Waals surface area contributed by atoms with E-state index in [2.05, 4.69) is 33.4 Å². The van der Waals surface area contributed by atoms with Gasteiger partial charge in [-0.3, -0.25) is 19.3 Å². The average Bonchev–Trinajstić information content (AvgIpc) is 3.28. The van der Waals surface area contributed by atoms with Gasteiger partial charge in [0.1, 0.15) is 0 Å². The van der Waals surface area contributed by atoms with E-state index in [1.807, 2.05) is 31.2 Å². The van der Waals surface area contributed by atoms with Crippen molar-refractivity contribution < 1.29 is 14.4 Å². The fraction of sp³-hybridized carbons (Fsp3) is 0.450. The Labute approximate surface area is 160 Å². The van der Waals surface area contributed by atoms with Crippen LogP contribution >= 0.6 is 15.9 Å². The van der Waals surface area contributed by atoms with E-state index in [4.69, 9.17) is 0 Å². The Morgan fingerprint density at radius 3 is 2.46 bits per heavy atom. The van der Waals surface area contributed by atoms with Gasteiger partial charge in [-0.25, -0.2) is 0 Å². The van der Waals surface area contributed by atoms with Crippen molar-refractivity contribution in [1.29, 1.82) is 0 Å². The van der Waals surface area contributed by atoms with Crippen molar-refractivity contribution in [3.63, 3.8) is 0 Å². The zero-order valence-electron chi connectivity index (χ0n) is 14.5. The average molecular weight is 417 g/mol. The van der Waals surface area contributed by atoms with Gasteiger partial charge in [0.15, 0.2) is 0 Å². The molecule has 1 N–H and O–H groups in total. The molecule has 2 bridgehead atoms. The largest absolute Gasteiger partial charge is 0.356 e. The lowest BCUT2D eigenvalue weighted by Gasteiger charge is -2.28. The first-order chi connectivity index (χ1) is 12.5. The van der Waals surface area contributed by atoms with Crippen LogP contribution in [-0.4, -0.2) is 29.2 Å². The molecule has 26 heavy (non-hydrogen) atoms. The fourth-order valence-corrected chi connectivity index (χ4v) is 5.17. The molecule has 1 aromatic carbocycles. The molecule has 1 heterocycles. The molecule has 1 aromatic rings. The molecule has 5 nitrogen and oxygen atoms in total. The van der Waals surface area contributed by atoms with Gasteiger partial charge in [-0.05, 0) is 42.9 Å². The summed E-state index contributed by atoms with van der Waals surface area (Å²) in [5.74, 6) is -0.561. The molecule has 1 aliphatic heterocycles. The number of benzene rings is 1. The van der Waals surface area contributed by atoms with Crippen LogP contribution in [0.3, 0.4) is 0 Å². The van der Waals surface area contributed by atoms with Crippen LogP contribution < -0.4 is 5.32 Å². The summed E-state index contributed by atoms with van der Waals surface area (Å²) in [6.45, 7) is 2.37. The molecule has 2 aliphatic carbocycles. The highest BCUT2D eigenvalue weighted by Gasteiger charge is 2.60. The molecular formula is C20H21BrN2O3. The molecule has 5 unspecified atom stereocenters. The summed E-state index contributed by atoms with van der Waals surface area (Å²) in [6, 6.07) is 6.94. The van der Waals surface area contributed by atoms with Crippen LogP contribution in [0, 0.1) is 23.7 Å². The number of fused-ring (bicyclic) bond motifs is 5. The van der Waals surface area contributed by atoms with E-state index in [1.54, 1.807) is 0 Å². The standard InChI is InChI=1S/C20H21BrN2O3/c1-2-22-16(24)10-15(11-4-3-5-14(21)9-11)23-19(25)17-12-6-7-13(8-12)18(17)20(23)26/h3-7,9,12-13,15,17-18H,2,8,10H2,1H3,(H,22,24). The van der Waals surface area contributed by atoms with Gasteiger partial charge in [-0.1, -0.05) is 40.2 Å². The van der Waals surface area contributed by atoms with E-state index in [1.165, 1.54) is 4.90 Å². The van der Waals surface area contributed by atoms with Gasteiger partial charge in [0.25, 0.3) is 0 Å². The van der Waals surface area contributed by atoms with Crippen LogP contribution in [0.5, 0.6) is 0 Å². The summed E-state index contributed by atoms with van der Waals surface area (Å²) in [5, 5.41) is 2.78. The third kappa shape index (κ3) is 2.71. The maximum Gasteiger partial charge on any atom is 0.234 e. The predicted octanol–water partition coefficient (Wildman–Crippen LogP) is 2.82. The zero-order valence-corrected chi connectivity index (χ0v) is 16.1. The van der Waals surface area contributed by atoms with E-state index in [-0.39, 0.29) is 47.8 Å². The molecule has 1 saturated heterocycles. The summed E-state index contributed by atoms with van der Waals surface area (Å²) < 4.78 is 0.858. The van der Waals surface area contributed by atoms with Crippen molar-refractivity contribution >= 4 is 33.7 Å². The molecule has 0 spiro atoms. The summed E-state index contributed by atoms with van der Waals surface area (Å²) in [5.41, 5.74) is 0.799. The molecule has 3 amide bonds. The van der Waals surface area contributed by atoms with Crippen molar-refractivity contribution in [2.45, 2.75) is 25.8 Å². The van der Waals surface area contributed by atoms with Crippen molar-refractivity contribution in [2.24, 2.45) is 23.7 Å². The number of carbonyl (C=O) groups is 3. The highest BCUT2D eigenvalue weighted by Crippen LogP contribution is 2.54. The number of hydrogen-bond donors (Lipinski definition) is 1. The monoisotopic (exact) mass is 416 g/mol. The molecule has 0 radical (unpaired) electrons. The number of likely N-dealkylation sites (tertiary alicyclic amines) is 1. The molecule has 5 atom stereocenters. The number of rotatable bonds is 5. The van der Waals surface area contributed by atoms with Gasteiger partial charge in [-0.2, -0.15) is 0 Å². The van der Waals surface area contributed by atoms with Gasteiger partial charge in [0, 0.05) is 11.0 Å². The summed E-state index contributed by atoms with van der Waals surface area (Å²) in [4.78, 5) is 40.0. The maximum atomic E-state index is 13.2. The predicted molar refractivity (Wildman–Crippen MR) is 99.8 cm³/mol. The minimum absolute atomic E-state index is 0.0873. The third-order valence-corrected chi connectivity index (χ3v) is 6.30. The normalized spacial score (nSPS) is 30.0. The lowest BCUT2D eigenvalue weighted by molar-refractivity contribution is -0.144. The number of carbonyl (C=O) groups excluding carboxylic acids is 3. The van der Waals surface area contributed by atoms with E-state index < -0.39 is 6.04 Å². The second-order valence-electron chi connectivity index (χ2n) is 7.27. The molecule has 1 saturated carbocycles.